The van der Waals surface area contributed by atoms with Gasteiger partial charge in [-0.25, -0.2) is 0 Å². The normalized spacial score (nSPS) is 12.2. The van der Waals surface area contributed by atoms with E-state index in [1.54, 1.807) is 19.1 Å². The van der Waals surface area contributed by atoms with Crippen molar-refractivity contribution in [3.05, 3.63) is 34.9 Å². The lowest BCUT2D eigenvalue weighted by Gasteiger charge is -2.08. The summed E-state index contributed by atoms with van der Waals surface area (Å²) in [5.41, 5.74) is 7.39. The Labute approximate surface area is 87.7 Å². The molecule has 0 spiro atoms. The average Bonchev–Trinajstić information content (AvgIpc) is 2.15. The number of aryl methyl sites for hydroxylation is 2. The summed E-state index contributed by atoms with van der Waals surface area (Å²) >= 11 is 0. The van der Waals surface area contributed by atoms with Gasteiger partial charge >= 0.3 is 5.97 Å². The van der Waals surface area contributed by atoms with Crippen molar-refractivity contribution in [2.24, 2.45) is 5.73 Å². The van der Waals surface area contributed by atoms with Crippen molar-refractivity contribution >= 4 is 11.8 Å². The molecule has 1 unspecified atom stereocenters. The molecule has 0 saturated carbocycles. The smallest absolute Gasteiger partial charge is 0.328 e. The van der Waals surface area contributed by atoms with Crippen LogP contribution in [0, 0.1) is 13.8 Å². The number of benzene rings is 1. The molecule has 0 aliphatic carbocycles. The molecule has 1 aromatic rings. The Morgan fingerprint density at radius 3 is 2.40 bits per heavy atom. The lowest BCUT2D eigenvalue weighted by atomic mass is 9.98. The summed E-state index contributed by atoms with van der Waals surface area (Å²) in [4.78, 5) is 22.2. The highest BCUT2D eigenvalue weighted by Gasteiger charge is 2.23. The summed E-state index contributed by atoms with van der Waals surface area (Å²) in [7, 11) is 0. The van der Waals surface area contributed by atoms with Crippen LogP contribution < -0.4 is 5.73 Å². The van der Waals surface area contributed by atoms with Crippen LogP contribution in [0.2, 0.25) is 0 Å². The first kappa shape index (κ1) is 11.4. The highest BCUT2D eigenvalue weighted by molar-refractivity contribution is 6.12. The third kappa shape index (κ3) is 2.41. The first-order valence-corrected chi connectivity index (χ1v) is 4.53. The van der Waals surface area contributed by atoms with Gasteiger partial charge in [0.05, 0.1) is 0 Å². The van der Waals surface area contributed by atoms with E-state index in [9.17, 15) is 9.59 Å². The zero-order chi connectivity index (χ0) is 11.6. The van der Waals surface area contributed by atoms with E-state index >= 15 is 0 Å². The van der Waals surface area contributed by atoms with Gasteiger partial charge in [0.1, 0.15) is 0 Å². The molecular weight excluding hydrogens is 194 g/mol. The number of rotatable bonds is 3. The van der Waals surface area contributed by atoms with E-state index < -0.39 is 17.8 Å². The Hall–Kier alpha value is -1.68. The molecule has 0 radical (unpaired) electrons. The van der Waals surface area contributed by atoms with Crippen LogP contribution in [-0.2, 0) is 4.79 Å². The summed E-state index contributed by atoms with van der Waals surface area (Å²) in [5.74, 6) is -1.86. The van der Waals surface area contributed by atoms with Crippen molar-refractivity contribution in [1.29, 1.82) is 0 Å². The van der Waals surface area contributed by atoms with Crippen LogP contribution in [0.5, 0.6) is 0 Å². The summed E-state index contributed by atoms with van der Waals surface area (Å²) in [6, 6.07) is 3.71. The maximum Gasteiger partial charge on any atom is 0.328 e. The lowest BCUT2D eigenvalue weighted by Crippen LogP contribution is -2.38. The number of nitrogens with two attached hydrogens (primary N) is 1. The quantitative estimate of drug-likeness (QED) is 0.570. The molecule has 1 aromatic carbocycles. The number of carboxylic acid groups (broad SMARTS) is 1. The van der Waals surface area contributed by atoms with Gasteiger partial charge in [-0.1, -0.05) is 23.8 Å². The van der Waals surface area contributed by atoms with Gasteiger partial charge in [-0.2, -0.15) is 0 Å². The Bertz CT molecular complexity index is 412. The summed E-state index contributed by atoms with van der Waals surface area (Å²) in [5, 5.41) is 8.61. The van der Waals surface area contributed by atoms with Crippen LogP contribution in [0.1, 0.15) is 21.5 Å². The molecule has 1 rings (SSSR count). The summed E-state index contributed by atoms with van der Waals surface area (Å²) in [6.07, 6.45) is 0. The fourth-order valence-electron chi connectivity index (χ4n) is 1.37. The standard InChI is InChI=1S/C11H13NO3/c1-6-3-4-8(7(2)5-6)10(13)9(12)11(14)15/h3-5,9H,12H2,1-2H3,(H,14,15). The molecule has 0 fully saturated rings. The highest BCUT2D eigenvalue weighted by Crippen LogP contribution is 2.12. The molecule has 3 N–H and O–H groups in total. The minimum absolute atomic E-state index is 0.371. The SMILES string of the molecule is Cc1ccc(C(=O)C(N)C(=O)O)c(C)c1. The predicted molar refractivity (Wildman–Crippen MR) is 55.9 cm³/mol. The zero-order valence-electron chi connectivity index (χ0n) is 8.65. The maximum absolute atomic E-state index is 11.6. The molecule has 0 aliphatic heterocycles. The molecule has 4 nitrogen and oxygen atoms in total. The molecule has 4 heteroatoms. The summed E-state index contributed by atoms with van der Waals surface area (Å²) < 4.78 is 0. The van der Waals surface area contributed by atoms with Crippen LogP contribution >= 0.6 is 0 Å². The molecule has 0 heterocycles. The monoisotopic (exact) mass is 207 g/mol. The van der Waals surface area contributed by atoms with Crippen molar-refractivity contribution in [3.63, 3.8) is 0 Å². The van der Waals surface area contributed by atoms with Crippen LogP contribution in [-0.4, -0.2) is 22.9 Å². The van der Waals surface area contributed by atoms with E-state index in [1.807, 2.05) is 13.0 Å². The van der Waals surface area contributed by atoms with Gasteiger partial charge in [-0.05, 0) is 19.4 Å². The van der Waals surface area contributed by atoms with Crippen LogP contribution in [0.3, 0.4) is 0 Å². The largest absolute Gasteiger partial charge is 0.480 e. The minimum Gasteiger partial charge on any atom is -0.480 e. The van der Waals surface area contributed by atoms with Crippen molar-refractivity contribution in [2.75, 3.05) is 0 Å². The number of carboxylic acids is 1. The predicted octanol–water partition coefficient (Wildman–Crippen LogP) is 0.898. The number of Topliss-reactive ketones (excluding diaryl/α,β-unsaturated/α-hetero) is 1. The number of aliphatic carboxylic acids is 1. The van der Waals surface area contributed by atoms with Crippen molar-refractivity contribution < 1.29 is 14.7 Å². The van der Waals surface area contributed by atoms with E-state index in [-0.39, 0.29) is 0 Å². The first-order chi connectivity index (χ1) is 6.93. The second-order valence-corrected chi connectivity index (χ2v) is 3.50. The second-order valence-electron chi connectivity index (χ2n) is 3.50. The van der Waals surface area contributed by atoms with E-state index in [0.717, 1.165) is 11.1 Å². The Morgan fingerprint density at radius 2 is 1.93 bits per heavy atom. The zero-order valence-corrected chi connectivity index (χ0v) is 8.65. The van der Waals surface area contributed by atoms with Gasteiger partial charge in [0.2, 0.25) is 0 Å². The molecule has 1 atom stereocenters. The molecule has 0 aliphatic rings. The first-order valence-electron chi connectivity index (χ1n) is 4.53. The van der Waals surface area contributed by atoms with Crippen LogP contribution in [0.4, 0.5) is 0 Å². The number of ketones is 1. The molecule has 15 heavy (non-hydrogen) atoms. The van der Waals surface area contributed by atoms with Gasteiger partial charge in [0, 0.05) is 5.56 Å². The van der Waals surface area contributed by atoms with Crippen molar-refractivity contribution in [2.45, 2.75) is 19.9 Å². The average molecular weight is 207 g/mol. The van der Waals surface area contributed by atoms with Gasteiger partial charge in [0.25, 0.3) is 0 Å². The van der Waals surface area contributed by atoms with Gasteiger partial charge in [-0.15, -0.1) is 0 Å². The van der Waals surface area contributed by atoms with E-state index in [2.05, 4.69) is 0 Å². The molecule has 0 saturated heterocycles. The highest BCUT2D eigenvalue weighted by atomic mass is 16.4. The van der Waals surface area contributed by atoms with Gasteiger partial charge in [-0.3, -0.25) is 9.59 Å². The Kier molecular flexibility index (Phi) is 3.21. The summed E-state index contributed by atoms with van der Waals surface area (Å²) in [6.45, 7) is 3.66. The molecule has 0 amide bonds. The molecule has 0 bridgehead atoms. The van der Waals surface area contributed by atoms with Gasteiger partial charge < -0.3 is 10.8 Å². The van der Waals surface area contributed by atoms with Crippen molar-refractivity contribution in [1.82, 2.24) is 0 Å². The second kappa shape index (κ2) is 4.23. The van der Waals surface area contributed by atoms with Crippen LogP contribution in [0.25, 0.3) is 0 Å². The maximum atomic E-state index is 11.6. The number of carbonyl (C=O) groups is 2. The third-order valence-corrected chi connectivity index (χ3v) is 2.20. The van der Waals surface area contributed by atoms with Crippen molar-refractivity contribution in [3.8, 4) is 0 Å². The van der Waals surface area contributed by atoms with E-state index in [0.29, 0.717) is 5.56 Å². The minimum atomic E-state index is -1.48. The number of hydrogen-bond acceptors (Lipinski definition) is 3. The molecular formula is C11H13NO3. The van der Waals surface area contributed by atoms with E-state index in [4.69, 9.17) is 10.8 Å². The van der Waals surface area contributed by atoms with Crippen LogP contribution in [0.15, 0.2) is 18.2 Å². The molecule has 0 aromatic heterocycles. The van der Waals surface area contributed by atoms with Gasteiger partial charge in [0.15, 0.2) is 11.8 Å². The third-order valence-electron chi connectivity index (χ3n) is 2.20. The lowest BCUT2D eigenvalue weighted by molar-refractivity contribution is -0.137. The Balaban J connectivity index is 3.07. The van der Waals surface area contributed by atoms with E-state index in [1.165, 1.54) is 0 Å². The fraction of sp³-hybridized carbons (Fsp3) is 0.273. The number of carbonyl (C=O) groups excluding carboxylic acids is 1. The number of hydrogen-bond donors (Lipinski definition) is 2. The topological polar surface area (TPSA) is 80.4 Å². The fourth-order valence-corrected chi connectivity index (χ4v) is 1.37. The Morgan fingerprint density at radius 1 is 1.33 bits per heavy atom. The molecule has 80 valence electrons.